The Bertz CT molecular complexity index is 1810. The fourth-order valence-electron chi connectivity index (χ4n) is 5.09. The maximum absolute atomic E-state index is 9.50. The molecule has 0 saturated carbocycles. The Morgan fingerprint density at radius 2 is 1.71 bits per heavy atom. The van der Waals surface area contributed by atoms with Crippen LogP contribution >= 0.6 is 22.7 Å². The first kappa shape index (κ1) is 23.1. The molecule has 2 aromatic heterocycles. The van der Waals surface area contributed by atoms with Crippen molar-refractivity contribution in [1.82, 2.24) is 5.32 Å². The van der Waals surface area contributed by atoms with E-state index in [0.717, 1.165) is 72.1 Å². The quantitative estimate of drug-likeness (QED) is 0.504. The fourth-order valence-corrected chi connectivity index (χ4v) is 6.69. The smallest absolute Gasteiger partial charge is 0.0964 e. The number of allylic oxidation sites excluding steroid dienone is 11. The standard InChI is InChI=1S/C31H24N4OS2/c1-17-18(2)27-15-29-25(31-8-7-23(16-36)38-31)11-21(33-29)10-19-5-6-20(32-19)13-28-24(30-4-3-9-37-30)12-22(34-28)14-26(17)35-27/h3-18,35-36H,1-2H3/b19-10?,23-16+,26-14?,27-15?,28-13?,31-25-. The molecule has 1 saturated heterocycles. The van der Waals surface area contributed by atoms with Crippen molar-refractivity contribution < 1.29 is 5.11 Å². The van der Waals surface area contributed by atoms with E-state index in [-0.39, 0.29) is 0 Å². The van der Waals surface area contributed by atoms with Gasteiger partial charge in [-0.05, 0) is 72.2 Å². The van der Waals surface area contributed by atoms with Crippen molar-refractivity contribution in [1.29, 1.82) is 0 Å². The van der Waals surface area contributed by atoms with E-state index in [1.807, 2.05) is 30.4 Å². The molecule has 186 valence electrons. The van der Waals surface area contributed by atoms with Crippen LogP contribution in [-0.2, 0) is 0 Å². The van der Waals surface area contributed by atoms with E-state index in [2.05, 4.69) is 67.1 Å². The van der Waals surface area contributed by atoms with Gasteiger partial charge in [0, 0.05) is 43.8 Å². The molecule has 7 rings (SSSR count). The normalized spacial score (nSPS) is 25.6. The Morgan fingerprint density at radius 3 is 2.50 bits per heavy atom. The number of fused-ring (bicyclic) bond motifs is 5. The van der Waals surface area contributed by atoms with Crippen LogP contribution in [0.4, 0.5) is 0 Å². The van der Waals surface area contributed by atoms with Crippen molar-refractivity contribution >= 4 is 57.2 Å². The van der Waals surface area contributed by atoms with E-state index in [1.165, 1.54) is 4.88 Å². The van der Waals surface area contributed by atoms with E-state index in [9.17, 15) is 5.11 Å². The predicted molar refractivity (Wildman–Crippen MR) is 160 cm³/mol. The fraction of sp³-hybridized carbons (Fsp3) is 0.129. The van der Waals surface area contributed by atoms with Gasteiger partial charge in [-0.2, -0.15) is 0 Å². The Kier molecular flexibility index (Phi) is 5.49. The Balaban J connectivity index is 1.42. The molecule has 5 aliphatic heterocycles. The average Bonchev–Trinajstić information content (AvgIpc) is 3.74. The molecule has 7 heteroatoms. The molecule has 0 amide bonds. The first-order valence-corrected chi connectivity index (χ1v) is 14.2. The van der Waals surface area contributed by atoms with Crippen molar-refractivity contribution in [2.24, 2.45) is 26.8 Å². The first-order chi connectivity index (χ1) is 18.5. The predicted octanol–water partition coefficient (Wildman–Crippen LogP) is 5.57. The van der Waals surface area contributed by atoms with E-state index in [4.69, 9.17) is 15.0 Å². The highest BCUT2D eigenvalue weighted by molar-refractivity contribution is 7.11. The highest BCUT2D eigenvalue weighted by atomic mass is 32.1. The van der Waals surface area contributed by atoms with Crippen LogP contribution in [0, 0.1) is 11.8 Å². The molecule has 8 bridgehead atoms. The molecule has 0 aromatic carbocycles. The number of aliphatic hydroxyl groups excluding tert-OH is 1. The number of hydrogen-bond donors (Lipinski definition) is 2. The summed E-state index contributed by atoms with van der Waals surface area (Å²) >= 11 is 3.27. The topological polar surface area (TPSA) is 69.3 Å². The molecule has 2 unspecified atom stereocenters. The van der Waals surface area contributed by atoms with Crippen molar-refractivity contribution in [2.45, 2.75) is 13.8 Å². The van der Waals surface area contributed by atoms with Crippen LogP contribution in [0.3, 0.4) is 0 Å². The molecular formula is C31H24N4OS2. The minimum absolute atomic E-state index is 0.301. The number of hydrogen-bond acceptors (Lipinski definition) is 7. The third-order valence-corrected chi connectivity index (χ3v) is 9.28. The van der Waals surface area contributed by atoms with Crippen LogP contribution in [0.15, 0.2) is 122 Å². The molecule has 0 radical (unpaired) electrons. The summed E-state index contributed by atoms with van der Waals surface area (Å²) < 4.78 is 1.88. The third kappa shape index (κ3) is 4.04. The second kappa shape index (κ2) is 9.04. The largest absolute Gasteiger partial charge is 0.514 e. The SMILES string of the molecule is CC1C2=CC3=NC(=CC4=NC(=CC5=C/C(=c6\cc/c(=C\O)s6)C(=N5)C=C(N2)C1C)C=C4)C(c1cccs1)=C3. The van der Waals surface area contributed by atoms with E-state index < -0.39 is 0 Å². The summed E-state index contributed by atoms with van der Waals surface area (Å²) in [7, 11) is 0. The number of thiophene rings is 2. The van der Waals surface area contributed by atoms with Crippen molar-refractivity contribution in [3.8, 4) is 0 Å². The van der Waals surface area contributed by atoms with Crippen LogP contribution in [0.2, 0.25) is 0 Å². The van der Waals surface area contributed by atoms with Crippen molar-refractivity contribution in [2.75, 3.05) is 0 Å². The highest BCUT2D eigenvalue weighted by Gasteiger charge is 2.30. The summed E-state index contributed by atoms with van der Waals surface area (Å²) in [6.45, 7) is 4.51. The number of aliphatic hydroxyl groups is 1. The molecule has 0 aliphatic carbocycles. The maximum atomic E-state index is 9.50. The van der Waals surface area contributed by atoms with Crippen LogP contribution in [0.1, 0.15) is 18.7 Å². The number of nitrogens with one attached hydrogen (secondary N) is 1. The zero-order valence-corrected chi connectivity index (χ0v) is 22.5. The lowest BCUT2D eigenvalue weighted by Crippen LogP contribution is -2.11. The van der Waals surface area contributed by atoms with E-state index >= 15 is 0 Å². The molecule has 38 heavy (non-hydrogen) atoms. The molecular weight excluding hydrogens is 509 g/mol. The monoisotopic (exact) mass is 532 g/mol. The van der Waals surface area contributed by atoms with Gasteiger partial charge in [0.25, 0.3) is 0 Å². The Labute approximate surface area is 228 Å². The van der Waals surface area contributed by atoms with Gasteiger partial charge in [0.2, 0.25) is 0 Å². The lowest BCUT2D eigenvalue weighted by Gasteiger charge is -2.08. The number of rotatable bonds is 1. The minimum atomic E-state index is 0.301. The molecule has 2 atom stereocenters. The van der Waals surface area contributed by atoms with Gasteiger partial charge < -0.3 is 10.4 Å². The summed E-state index contributed by atoms with van der Waals surface area (Å²) in [4.78, 5) is 16.1. The van der Waals surface area contributed by atoms with Gasteiger partial charge in [0.05, 0.1) is 45.0 Å². The molecule has 2 N–H and O–H groups in total. The molecule has 7 heterocycles. The second-order valence-corrected chi connectivity index (χ2v) is 11.8. The van der Waals surface area contributed by atoms with Crippen LogP contribution in [0.25, 0.3) is 17.4 Å². The number of aliphatic imine (C=N–C) groups is 3. The lowest BCUT2D eigenvalue weighted by molar-refractivity contribution is 0.541. The molecule has 0 spiro atoms. The van der Waals surface area contributed by atoms with Crippen LogP contribution in [-0.4, -0.2) is 22.2 Å². The third-order valence-electron chi connectivity index (χ3n) is 7.32. The number of nitrogens with zero attached hydrogens (tertiary/aromatic N) is 3. The highest BCUT2D eigenvalue weighted by Crippen LogP contribution is 2.36. The first-order valence-electron chi connectivity index (χ1n) is 12.5. The van der Waals surface area contributed by atoms with Gasteiger partial charge in [-0.3, -0.25) is 0 Å². The molecule has 1 fully saturated rings. The lowest BCUT2D eigenvalue weighted by atomic mass is 9.94. The van der Waals surface area contributed by atoms with Crippen molar-refractivity contribution in [3.63, 3.8) is 0 Å². The summed E-state index contributed by atoms with van der Waals surface area (Å²) in [6.07, 6.45) is 17.9. The van der Waals surface area contributed by atoms with Gasteiger partial charge >= 0.3 is 0 Å². The average molecular weight is 533 g/mol. The molecule has 2 aromatic rings. The van der Waals surface area contributed by atoms with Crippen LogP contribution in [0.5, 0.6) is 0 Å². The van der Waals surface area contributed by atoms with Gasteiger partial charge in [0.15, 0.2) is 0 Å². The molecule has 5 aliphatic rings. The van der Waals surface area contributed by atoms with Crippen molar-refractivity contribution in [3.05, 3.63) is 121 Å². The zero-order valence-electron chi connectivity index (χ0n) is 20.8. The summed E-state index contributed by atoms with van der Waals surface area (Å²) in [5, 5.41) is 15.3. The second-order valence-electron chi connectivity index (χ2n) is 9.75. The van der Waals surface area contributed by atoms with E-state index in [1.54, 1.807) is 22.7 Å². The summed E-state index contributed by atoms with van der Waals surface area (Å²) in [5.41, 5.74) is 9.82. The zero-order chi connectivity index (χ0) is 25.8. The van der Waals surface area contributed by atoms with E-state index in [0.29, 0.717) is 11.8 Å². The Hall–Kier alpha value is -4.07. The maximum Gasteiger partial charge on any atom is 0.0964 e. The Morgan fingerprint density at radius 1 is 0.842 bits per heavy atom. The summed E-state index contributed by atoms with van der Waals surface area (Å²) in [5.74, 6) is 0.613. The summed E-state index contributed by atoms with van der Waals surface area (Å²) in [6, 6.07) is 8.18. The van der Waals surface area contributed by atoms with Gasteiger partial charge in [-0.15, -0.1) is 22.7 Å². The van der Waals surface area contributed by atoms with Crippen LogP contribution < -0.4 is 14.4 Å². The van der Waals surface area contributed by atoms with Gasteiger partial charge in [-0.1, -0.05) is 19.9 Å². The van der Waals surface area contributed by atoms with Gasteiger partial charge in [-0.25, -0.2) is 15.0 Å². The molecule has 5 nitrogen and oxygen atoms in total. The minimum Gasteiger partial charge on any atom is -0.514 e. The van der Waals surface area contributed by atoms with Gasteiger partial charge in [0.1, 0.15) is 0 Å².